The van der Waals surface area contributed by atoms with E-state index in [9.17, 15) is 4.79 Å². The van der Waals surface area contributed by atoms with Gasteiger partial charge < -0.3 is 9.47 Å². The normalized spacial score (nSPS) is 10.2. The summed E-state index contributed by atoms with van der Waals surface area (Å²) in [5.41, 5.74) is 1.62. The minimum atomic E-state index is -0.247. The quantitative estimate of drug-likeness (QED) is 0.722. The first-order chi connectivity index (χ1) is 6.70. The van der Waals surface area contributed by atoms with E-state index in [0.29, 0.717) is 18.8 Å². The molecule has 0 aromatic carbocycles. The monoisotopic (exact) mass is 214 g/mol. The standard InChI is InChI=1S/C10H14O3S/c1-4-13-10(11)8-6-14-9(5-12-3)7(8)2/h6H,4-5H2,1-3H3. The molecular weight excluding hydrogens is 200 g/mol. The Hall–Kier alpha value is -0.870. The maximum Gasteiger partial charge on any atom is 0.339 e. The van der Waals surface area contributed by atoms with Gasteiger partial charge in [0.2, 0.25) is 0 Å². The molecule has 4 heteroatoms. The minimum Gasteiger partial charge on any atom is -0.462 e. The number of ether oxygens (including phenoxy) is 2. The van der Waals surface area contributed by atoms with Crippen LogP contribution in [0, 0.1) is 6.92 Å². The minimum absolute atomic E-state index is 0.247. The van der Waals surface area contributed by atoms with Gasteiger partial charge in [-0.05, 0) is 19.4 Å². The van der Waals surface area contributed by atoms with Gasteiger partial charge in [0, 0.05) is 17.4 Å². The summed E-state index contributed by atoms with van der Waals surface area (Å²) < 4.78 is 9.95. The Bertz CT molecular complexity index is 317. The van der Waals surface area contributed by atoms with Gasteiger partial charge in [-0.15, -0.1) is 11.3 Å². The van der Waals surface area contributed by atoms with Crippen LogP contribution in [0.5, 0.6) is 0 Å². The van der Waals surface area contributed by atoms with Crippen LogP contribution in [0.3, 0.4) is 0 Å². The number of esters is 1. The van der Waals surface area contributed by atoms with Gasteiger partial charge in [0.25, 0.3) is 0 Å². The van der Waals surface area contributed by atoms with Gasteiger partial charge in [-0.25, -0.2) is 4.79 Å². The van der Waals surface area contributed by atoms with E-state index in [1.807, 2.05) is 12.3 Å². The number of hydrogen-bond acceptors (Lipinski definition) is 4. The van der Waals surface area contributed by atoms with Crippen molar-refractivity contribution in [2.24, 2.45) is 0 Å². The van der Waals surface area contributed by atoms with Crippen LogP contribution in [0.2, 0.25) is 0 Å². The molecule has 0 fully saturated rings. The third-order valence-corrected chi connectivity index (χ3v) is 2.97. The number of carbonyl (C=O) groups is 1. The van der Waals surface area contributed by atoms with E-state index in [1.54, 1.807) is 14.0 Å². The molecule has 1 aromatic heterocycles. The number of thiophene rings is 1. The van der Waals surface area contributed by atoms with Crippen LogP contribution in [0.25, 0.3) is 0 Å². The predicted molar refractivity (Wildman–Crippen MR) is 55.7 cm³/mol. The molecule has 0 radical (unpaired) electrons. The lowest BCUT2D eigenvalue weighted by atomic mass is 10.2. The van der Waals surface area contributed by atoms with Gasteiger partial charge in [0.05, 0.1) is 18.8 Å². The zero-order valence-corrected chi connectivity index (χ0v) is 9.44. The Balaban J connectivity index is 2.83. The highest BCUT2D eigenvalue weighted by Crippen LogP contribution is 2.23. The zero-order chi connectivity index (χ0) is 10.6. The summed E-state index contributed by atoms with van der Waals surface area (Å²) in [6.07, 6.45) is 0. The van der Waals surface area contributed by atoms with Crippen molar-refractivity contribution in [2.75, 3.05) is 13.7 Å². The van der Waals surface area contributed by atoms with Crippen LogP contribution in [-0.4, -0.2) is 19.7 Å². The second kappa shape index (κ2) is 5.12. The molecule has 1 aromatic rings. The molecule has 1 heterocycles. The first kappa shape index (κ1) is 11.2. The molecule has 0 N–H and O–H groups in total. The Morgan fingerprint density at radius 3 is 2.86 bits per heavy atom. The fourth-order valence-corrected chi connectivity index (χ4v) is 2.15. The van der Waals surface area contributed by atoms with Gasteiger partial charge in [-0.1, -0.05) is 0 Å². The fourth-order valence-electron chi connectivity index (χ4n) is 1.14. The number of rotatable bonds is 4. The van der Waals surface area contributed by atoms with E-state index < -0.39 is 0 Å². The first-order valence-electron chi connectivity index (χ1n) is 4.43. The van der Waals surface area contributed by atoms with Crippen LogP contribution in [-0.2, 0) is 16.1 Å². The maximum atomic E-state index is 11.4. The van der Waals surface area contributed by atoms with E-state index in [4.69, 9.17) is 9.47 Å². The summed E-state index contributed by atoms with van der Waals surface area (Å²) in [5.74, 6) is -0.247. The van der Waals surface area contributed by atoms with Gasteiger partial charge >= 0.3 is 5.97 Å². The number of methoxy groups -OCH3 is 1. The molecule has 0 spiro atoms. The lowest BCUT2D eigenvalue weighted by molar-refractivity contribution is 0.0526. The molecule has 0 aliphatic carbocycles. The first-order valence-corrected chi connectivity index (χ1v) is 5.31. The molecule has 0 amide bonds. The molecule has 0 saturated heterocycles. The SMILES string of the molecule is CCOC(=O)c1csc(COC)c1C. The Morgan fingerprint density at radius 2 is 2.29 bits per heavy atom. The number of carbonyl (C=O) groups excluding carboxylic acids is 1. The van der Waals surface area contributed by atoms with Crippen LogP contribution < -0.4 is 0 Å². The molecule has 0 aliphatic heterocycles. The van der Waals surface area contributed by atoms with Crippen molar-refractivity contribution in [1.29, 1.82) is 0 Å². The molecule has 0 unspecified atom stereocenters. The largest absolute Gasteiger partial charge is 0.462 e. The maximum absolute atomic E-state index is 11.4. The average Bonchev–Trinajstić information content (AvgIpc) is 2.49. The lowest BCUT2D eigenvalue weighted by Crippen LogP contribution is -2.05. The van der Waals surface area contributed by atoms with Crippen LogP contribution in [0.4, 0.5) is 0 Å². The van der Waals surface area contributed by atoms with Gasteiger partial charge in [0.1, 0.15) is 0 Å². The molecule has 14 heavy (non-hydrogen) atoms. The van der Waals surface area contributed by atoms with E-state index in [-0.39, 0.29) is 5.97 Å². The summed E-state index contributed by atoms with van der Waals surface area (Å²) in [5, 5.41) is 1.82. The summed E-state index contributed by atoms with van der Waals surface area (Å²) in [7, 11) is 1.64. The van der Waals surface area contributed by atoms with Crippen molar-refractivity contribution in [3.05, 3.63) is 21.4 Å². The molecule has 1 rings (SSSR count). The molecule has 0 saturated carbocycles. The molecule has 3 nitrogen and oxygen atoms in total. The summed E-state index contributed by atoms with van der Waals surface area (Å²) in [6, 6.07) is 0. The van der Waals surface area contributed by atoms with Gasteiger partial charge in [-0.2, -0.15) is 0 Å². The van der Waals surface area contributed by atoms with E-state index in [1.165, 1.54) is 11.3 Å². The van der Waals surface area contributed by atoms with Gasteiger partial charge in [0.15, 0.2) is 0 Å². The molecule has 78 valence electrons. The zero-order valence-electron chi connectivity index (χ0n) is 8.62. The highest BCUT2D eigenvalue weighted by Gasteiger charge is 2.14. The third-order valence-electron chi connectivity index (χ3n) is 1.91. The Morgan fingerprint density at radius 1 is 1.57 bits per heavy atom. The smallest absolute Gasteiger partial charge is 0.339 e. The lowest BCUT2D eigenvalue weighted by Gasteiger charge is -2.01. The second-order valence-corrected chi connectivity index (χ2v) is 3.82. The van der Waals surface area contributed by atoms with Crippen LogP contribution >= 0.6 is 11.3 Å². The molecular formula is C10H14O3S. The third kappa shape index (κ3) is 2.33. The Kier molecular flexibility index (Phi) is 4.10. The topological polar surface area (TPSA) is 35.5 Å². The van der Waals surface area contributed by atoms with Crippen molar-refractivity contribution in [3.63, 3.8) is 0 Å². The van der Waals surface area contributed by atoms with Gasteiger partial charge in [-0.3, -0.25) is 0 Å². The van der Waals surface area contributed by atoms with Crippen molar-refractivity contribution in [1.82, 2.24) is 0 Å². The molecule has 0 aliphatic rings. The van der Waals surface area contributed by atoms with E-state index in [2.05, 4.69) is 0 Å². The van der Waals surface area contributed by atoms with Crippen LogP contribution in [0.15, 0.2) is 5.38 Å². The second-order valence-electron chi connectivity index (χ2n) is 2.85. The molecule has 0 bridgehead atoms. The Labute approximate surface area is 87.7 Å². The van der Waals surface area contributed by atoms with Crippen LogP contribution in [0.1, 0.15) is 27.7 Å². The summed E-state index contributed by atoms with van der Waals surface area (Å²) in [6.45, 7) is 4.68. The van der Waals surface area contributed by atoms with Crippen molar-refractivity contribution in [2.45, 2.75) is 20.5 Å². The highest BCUT2D eigenvalue weighted by atomic mass is 32.1. The van der Waals surface area contributed by atoms with Crippen molar-refractivity contribution in [3.8, 4) is 0 Å². The van der Waals surface area contributed by atoms with Crippen molar-refractivity contribution >= 4 is 17.3 Å². The summed E-state index contributed by atoms with van der Waals surface area (Å²) >= 11 is 1.53. The fraction of sp³-hybridized carbons (Fsp3) is 0.500. The molecule has 0 atom stereocenters. The van der Waals surface area contributed by atoms with E-state index >= 15 is 0 Å². The number of hydrogen-bond donors (Lipinski definition) is 0. The highest BCUT2D eigenvalue weighted by molar-refractivity contribution is 7.10. The van der Waals surface area contributed by atoms with Crippen molar-refractivity contribution < 1.29 is 14.3 Å². The predicted octanol–water partition coefficient (Wildman–Crippen LogP) is 2.38. The summed E-state index contributed by atoms with van der Waals surface area (Å²) in [4.78, 5) is 12.5. The van der Waals surface area contributed by atoms with E-state index in [0.717, 1.165) is 10.4 Å². The average molecular weight is 214 g/mol.